The molecular formula is C22H32N4O2. The summed E-state index contributed by atoms with van der Waals surface area (Å²) in [5.41, 5.74) is 0.669. The number of fused-ring (bicyclic) bond motifs is 1. The monoisotopic (exact) mass is 384 g/mol. The fraction of sp³-hybridized carbons (Fsp3) is 0.636. The smallest absolute Gasteiger partial charge is 0.255 e. The van der Waals surface area contributed by atoms with Crippen molar-refractivity contribution in [2.45, 2.75) is 57.1 Å². The third-order valence-electron chi connectivity index (χ3n) is 6.30. The van der Waals surface area contributed by atoms with E-state index in [1.807, 2.05) is 41.1 Å². The normalized spacial score (nSPS) is 24.4. The molecule has 1 amide bonds. The summed E-state index contributed by atoms with van der Waals surface area (Å²) >= 11 is 0. The highest BCUT2D eigenvalue weighted by Crippen LogP contribution is 2.29. The molecule has 4 rings (SSSR count). The average Bonchev–Trinajstić information content (AvgIpc) is 3.08. The molecule has 1 saturated carbocycles. The average molecular weight is 385 g/mol. The standard InChI is InChI=1S/C22H32N4O2/c1-25(15-20-23-18-10-5-6-11-19(18)24-20)16-22(28)12-7-13-26(21(22)27)14-17-8-3-2-4-9-17/h5-6,10-11,17,28H,2-4,7-9,12-16H2,1H3,(H,23,24). The van der Waals surface area contributed by atoms with Crippen LogP contribution in [0.15, 0.2) is 24.3 Å². The molecule has 1 aliphatic carbocycles. The van der Waals surface area contributed by atoms with Gasteiger partial charge in [-0.25, -0.2) is 4.98 Å². The molecular weight excluding hydrogens is 352 g/mol. The second-order valence-corrected chi connectivity index (χ2v) is 8.76. The van der Waals surface area contributed by atoms with Gasteiger partial charge in [0.05, 0.1) is 17.6 Å². The molecule has 1 aromatic carbocycles. The lowest BCUT2D eigenvalue weighted by atomic mass is 9.86. The third-order valence-corrected chi connectivity index (χ3v) is 6.30. The minimum Gasteiger partial charge on any atom is -0.379 e. The first-order valence-electron chi connectivity index (χ1n) is 10.7. The fourth-order valence-electron chi connectivity index (χ4n) is 4.91. The Kier molecular flexibility index (Phi) is 5.69. The molecule has 1 saturated heterocycles. The topological polar surface area (TPSA) is 72.5 Å². The van der Waals surface area contributed by atoms with Gasteiger partial charge in [0.25, 0.3) is 5.91 Å². The molecule has 0 bridgehead atoms. The first kappa shape index (κ1) is 19.4. The summed E-state index contributed by atoms with van der Waals surface area (Å²) in [7, 11) is 1.94. The Morgan fingerprint density at radius 1 is 1.25 bits per heavy atom. The van der Waals surface area contributed by atoms with Crippen molar-refractivity contribution in [3.8, 4) is 0 Å². The van der Waals surface area contributed by atoms with Gasteiger partial charge < -0.3 is 15.0 Å². The van der Waals surface area contributed by atoms with Crippen molar-refractivity contribution < 1.29 is 9.90 Å². The summed E-state index contributed by atoms with van der Waals surface area (Å²) in [5.74, 6) is 1.38. The Labute approximate surface area is 166 Å². The zero-order chi connectivity index (χ0) is 19.6. The number of likely N-dealkylation sites (N-methyl/N-ethyl adjacent to an activating group) is 1. The van der Waals surface area contributed by atoms with Crippen molar-refractivity contribution >= 4 is 16.9 Å². The Balaban J connectivity index is 1.38. The SMILES string of the molecule is CN(Cc1nc2ccccc2[nH]1)CC1(O)CCCN(CC2CCCCC2)C1=O. The second kappa shape index (κ2) is 8.21. The van der Waals surface area contributed by atoms with Crippen LogP contribution >= 0.6 is 0 Å². The Bertz CT molecular complexity index is 781. The number of aliphatic hydroxyl groups is 1. The van der Waals surface area contributed by atoms with Crippen LogP contribution in [0.1, 0.15) is 50.8 Å². The Morgan fingerprint density at radius 2 is 2.04 bits per heavy atom. The van der Waals surface area contributed by atoms with Crippen molar-refractivity contribution in [3.05, 3.63) is 30.1 Å². The van der Waals surface area contributed by atoms with Gasteiger partial charge in [-0.05, 0) is 50.8 Å². The number of likely N-dealkylation sites (tertiary alicyclic amines) is 1. The van der Waals surface area contributed by atoms with E-state index in [9.17, 15) is 9.90 Å². The predicted octanol–water partition coefficient (Wildman–Crippen LogP) is 2.93. The van der Waals surface area contributed by atoms with Gasteiger partial charge in [0.15, 0.2) is 5.60 Å². The van der Waals surface area contributed by atoms with E-state index in [0.717, 1.165) is 36.4 Å². The van der Waals surface area contributed by atoms with E-state index < -0.39 is 5.60 Å². The number of aromatic amines is 1. The van der Waals surface area contributed by atoms with Gasteiger partial charge in [0, 0.05) is 19.6 Å². The van der Waals surface area contributed by atoms with Gasteiger partial charge in [-0.3, -0.25) is 9.69 Å². The van der Waals surface area contributed by atoms with Crippen molar-refractivity contribution in [2.75, 3.05) is 26.7 Å². The number of para-hydroxylation sites is 2. The number of carbonyl (C=O) groups excluding carboxylic acids is 1. The molecule has 1 aliphatic heterocycles. The number of nitrogens with one attached hydrogen (secondary N) is 1. The number of aromatic nitrogens is 2. The van der Waals surface area contributed by atoms with Crippen molar-refractivity contribution in [1.29, 1.82) is 0 Å². The highest BCUT2D eigenvalue weighted by Gasteiger charge is 2.43. The van der Waals surface area contributed by atoms with Gasteiger partial charge in [-0.15, -0.1) is 0 Å². The minimum atomic E-state index is -1.28. The maximum atomic E-state index is 13.1. The maximum Gasteiger partial charge on any atom is 0.255 e. The van der Waals surface area contributed by atoms with Crippen LogP contribution in [-0.4, -0.2) is 63.1 Å². The summed E-state index contributed by atoms with van der Waals surface area (Å²) in [5, 5.41) is 11.2. The van der Waals surface area contributed by atoms with Gasteiger partial charge in [0.2, 0.25) is 0 Å². The van der Waals surface area contributed by atoms with Crippen LogP contribution in [0.4, 0.5) is 0 Å². The van der Waals surface area contributed by atoms with E-state index in [0.29, 0.717) is 25.4 Å². The summed E-state index contributed by atoms with van der Waals surface area (Å²) in [4.78, 5) is 24.9. The zero-order valence-corrected chi connectivity index (χ0v) is 16.9. The number of piperidine rings is 1. The van der Waals surface area contributed by atoms with Gasteiger partial charge in [-0.1, -0.05) is 31.4 Å². The molecule has 28 heavy (non-hydrogen) atoms. The minimum absolute atomic E-state index is 0.0826. The van der Waals surface area contributed by atoms with Crippen LogP contribution in [0.3, 0.4) is 0 Å². The molecule has 6 nitrogen and oxygen atoms in total. The lowest BCUT2D eigenvalue weighted by Gasteiger charge is -2.41. The largest absolute Gasteiger partial charge is 0.379 e. The third kappa shape index (κ3) is 4.23. The van der Waals surface area contributed by atoms with Crippen molar-refractivity contribution in [3.63, 3.8) is 0 Å². The molecule has 1 aromatic heterocycles. The number of carbonyl (C=O) groups is 1. The lowest BCUT2D eigenvalue weighted by molar-refractivity contribution is -0.160. The number of benzene rings is 1. The van der Waals surface area contributed by atoms with Crippen LogP contribution in [-0.2, 0) is 11.3 Å². The number of hydrogen-bond acceptors (Lipinski definition) is 4. The maximum absolute atomic E-state index is 13.1. The predicted molar refractivity (Wildman–Crippen MR) is 110 cm³/mol. The summed E-state index contributed by atoms with van der Waals surface area (Å²) in [6.07, 6.45) is 7.71. The molecule has 152 valence electrons. The van der Waals surface area contributed by atoms with Crippen molar-refractivity contribution in [2.24, 2.45) is 5.92 Å². The highest BCUT2D eigenvalue weighted by molar-refractivity contribution is 5.86. The Hall–Kier alpha value is -1.92. The van der Waals surface area contributed by atoms with Crippen LogP contribution in [0.5, 0.6) is 0 Å². The zero-order valence-electron chi connectivity index (χ0n) is 16.9. The number of imidazole rings is 1. The molecule has 2 aromatic rings. The number of hydrogen-bond donors (Lipinski definition) is 2. The number of amides is 1. The molecule has 2 fully saturated rings. The molecule has 6 heteroatoms. The fourth-order valence-corrected chi connectivity index (χ4v) is 4.91. The number of H-pyrrole nitrogens is 1. The quantitative estimate of drug-likeness (QED) is 0.803. The summed E-state index contributed by atoms with van der Waals surface area (Å²) in [6.45, 7) is 2.51. The van der Waals surface area contributed by atoms with E-state index in [1.54, 1.807) is 0 Å². The number of nitrogens with zero attached hydrogens (tertiary/aromatic N) is 3. The molecule has 1 atom stereocenters. The van der Waals surface area contributed by atoms with E-state index in [1.165, 1.54) is 32.1 Å². The molecule has 1 unspecified atom stereocenters. The number of rotatable bonds is 6. The van der Waals surface area contributed by atoms with Crippen LogP contribution in [0.25, 0.3) is 11.0 Å². The second-order valence-electron chi connectivity index (χ2n) is 8.76. The van der Waals surface area contributed by atoms with Crippen molar-refractivity contribution in [1.82, 2.24) is 19.8 Å². The van der Waals surface area contributed by atoms with E-state index in [-0.39, 0.29) is 5.91 Å². The molecule has 0 radical (unpaired) electrons. The van der Waals surface area contributed by atoms with E-state index in [4.69, 9.17) is 0 Å². The Morgan fingerprint density at radius 3 is 2.82 bits per heavy atom. The van der Waals surface area contributed by atoms with Gasteiger partial charge in [0.1, 0.15) is 5.82 Å². The van der Waals surface area contributed by atoms with Crippen LogP contribution in [0.2, 0.25) is 0 Å². The molecule has 0 spiro atoms. The first-order valence-corrected chi connectivity index (χ1v) is 10.7. The molecule has 2 heterocycles. The van der Waals surface area contributed by atoms with Gasteiger partial charge >= 0.3 is 0 Å². The van der Waals surface area contributed by atoms with Gasteiger partial charge in [-0.2, -0.15) is 0 Å². The first-order chi connectivity index (χ1) is 13.5. The van der Waals surface area contributed by atoms with Crippen LogP contribution < -0.4 is 0 Å². The molecule has 2 N–H and O–H groups in total. The molecule has 2 aliphatic rings. The highest BCUT2D eigenvalue weighted by atomic mass is 16.3. The lowest BCUT2D eigenvalue weighted by Crippen LogP contribution is -2.58. The van der Waals surface area contributed by atoms with Crippen LogP contribution in [0, 0.1) is 5.92 Å². The summed E-state index contributed by atoms with van der Waals surface area (Å²) < 4.78 is 0. The van der Waals surface area contributed by atoms with E-state index >= 15 is 0 Å². The summed E-state index contributed by atoms with van der Waals surface area (Å²) in [6, 6.07) is 7.95. The van der Waals surface area contributed by atoms with E-state index in [2.05, 4.69) is 9.97 Å².